The quantitative estimate of drug-likeness (QED) is 0.498. The Labute approximate surface area is 179 Å². The zero-order valence-electron chi connectivity index (χ0n) is 14.6. The number of hydrogen-bond acceptors (Lipinski definition) is 6. The number of nitro groups is 1. The molecule has 0 bridgehead atoms. The highest BCUT2D eigenvalue weighted by molar-refractivity contribution is 6.42. The minimum absolute atomic E-state index is 0.0112. The van der Waals surface area contributed by atoms with Crippen LogP contribution in [0.15, 0.2) is 41.5 Å². The molecule has 12 heteroatoms. The van der Waals surface area contributed by atoms with Crippen molar-refractivity contribution >= 4 is 63.8 Å². The third-order valence-electron chi connectivity index (χ3n) is 3.72. The van der Waals surface area contributed by atoms with Crippen molar-refractivity contribution in [1.29, 1.82) is 0 Å². The Kier molecular flexibility index (Phi) is 5.92. The first-order valence-corrected chi connectivity index (χ1v) is 9.09. The Bertz CT molecular complexity index is 1020. The van der Waals surface area contributed by atoms with Gasteiger partial charge in [-0.25, -0.2) is 0 Å². The van der Waals surface area contributed by atoms with Gasteiger partial charge in [0.1, 0.15) is 5.69 Å². The maximum atomic E-state index is 12.5. The molecule has 29 heavy (non-hydrogen) atoms. The number of benzene rings is 2. The number of nitrogens with zero attached hydrogens (tertiary/aromatic N) is 4. The van der Waals surface area contributed by atoms with Crippen LogP contribution in [0.2, 0.25) is 15.1 Å². The van der Waals surface area contributed by atoms with E-state index in [9.17, 15) is 19.7 Å². The second kappa shape index (κ2) is 8.24. The lowest BCUT2D eigenvalue weighted by Crippen LogP contribution is -2.37. The predicted octanol–water partition coefficient (Wildman–Crippen LogP) is 4.45. The van der Waals surface area contributed by atoms with Crippen molar-refractivity contribution in [3.05, 3.63) is 61.6 Å². The molecule has 0 unspecified atom stereocenters. The van der Waals surface area contributed by atoms with Crippen molar-refractivity contribution in [3.63, 3.8) is 0 Å². The number of hydroxylamine groups is 2. The van der Waals surface area contributed by atoms with Gasteiger partial charge in [0.05, 0.1) is 21.4 Å². The summed E-state index contributed by atoms with van der Waals surface area (Å²) in [5.74, 6) is -0.931. The SMILES string of the molecule is CC(=O)N(Oc1ccc([N+](=O)[O-])cc1)C1=NN(c2c(Cl)cc(Cl)cc2Cl)C(=O)C1. The average Bonchev–Trinajstić information content (AvgIpc) is 3.00. The number of carbonyl (C=O) groups is 2. The van der Waals surface area contributed by atoms with E-state index in [4.69, 9.17) is 39.6 Å². The minimum atomic E-state index is -0.566. The summed E-state index contributed by atoms with van der Waals surface area (Å²) in [6.45, 7) is 1.21. The van der Waals surface area contributed by atoms with E-state index in [0.29, 0.717) is 0 Å². The van der Waals surface area contributed by atoms with E-state index in [1.807, 2.05) is 0 Å². The van der Waals surface area contributed by atoms with Gasteiger partial charge < -0.3 is 4.84 Å². The lowest BCUT2D eigenvalue weighted by molar-refractivity contribution is -0.384. The van der Waals surface area contributed by atoms with Gasteiger partial charge in [0, 0.05) is 24.1 Å². The maximum absolute atomic E-state index is 12.5. The fourth-order valence-electron chi connectivity index (χ4n) is 2.47. The van der Waals surface area contributed by atoms with Crippen LogP contribution >= 0.6 is 34.8 Å². The van der Waals surface area contributed by atoms with Gasteiger partial charge >= 0.3 is 0 Å². The van der Waals surface area contributed by atoms with E-state index in [-0.39, 0.29) is 44.4 Å². The second-order valence-corrected chi connectivity index (χ2v) is 7.02. The molecule has 0 aliphatic carbocycles. The summed E-state index contributed by atoms with van der Waals surface area (Å²) in [4.78, 5) is 40.2. The lowest BCUT2D eigenvalue weighted by atomic mass is 10.3. The standard InChI is InChI=1S/C17H11Cl3N4O5/c1-9(25)23(29-12-4-2-11(3-5-12)24(27)28)15-8-16(26)22(21-15)17-13(19)6-10(18)7-14(17)20/h2-7H,8H2,1H3. The summed E-state index contributed by atoms with van der Waals surface area (Å²) >= 11 is 18.2. The molecule has 1 aliphatic rings. The van der Waals surface area contributed by atoms with E-state index in [1.165, 1.54) is 43.3 Å². The molecule has 0 spiro atoms. The Morgan fingerprint density at radius 2 is 1.79 bits per heavy atom. The highest BCUT2D eigenvalue weighted by Crippen LogP contribution is 2.38. The van der Waals surface area contributed by atoms with Crippen molar-refractivity contribution in [2.24, 2.45) is 5.10 Å². The molecule has 0 saturated heterocycles. The van der Waals surface area contributed by atoms with Crippen molar-refractivity contribution in [2.45, 2.75) is 13.3 Å². The summed E-state index contributed by atoms with van der Waals surface area (Å²) in [5, 5.41) is 17.1. The Morgan fingerprint density at radius 3 is 2.31 bits per heavy atom. The molecule has 1 heterocycles. The van der Waals surface area contributed by atoms with Crippen LogP contribution < -0.4 is 9.85 Å². The molecule has 2 amide bonds. The molecule has 0 N–H and O–H groups in total. The van der Waals surface area contributed by atoms with Crippen LogP contribution in [0.3, 0.4) is 0 Å². The number of hydrogen-bond donors (Lipinski definition) is 0. The first-order chi connectivity index (χ1) is 13.7. The lowest BCUT2D eigenvalue weighted by Gasteiger charge is -2.19. The molecular weight excluding hydrogens is 447 g/mol. The normalized spacial score (nSPS) is 13.3. The molecule has 0 atom stereocenters. The molecule has 0 aromatic heterocycles. The van der Waals surface area contributed by atoms with E-state index in [0.717, 1.165) is 10.1 Å². The predicted molar refractivity (Wildman–Crippen MR) is 107 cm³/mol. The third kappa shape index (κ3) is 4.42. The topological polar surface area (TPSA) is 105 Å². The number of halogens is 3. The largest absolute Gasteiger partial charge is 0.371 e. The van der Waals surface area contributed by atoms with E-state index in [2.05, 4.69) is 5.10 Å². The van der Waals surface area contributed by atoms with Crippen LogP contribution in [0.5, 0.6) is 5.75 Å². The number of hydrazone groups is 1. The van der Waals surface area contributed by atoms with Crippen molar-refractivity contribution in [1.82, 2.24) is 5.06 Å². The maximum Gasteiger partial charge on any atom is 0.269 e. The molecule has 0 saturated carbocycles. The number of nitro benzene ring substituents is 1. The van der Waals surface area contributed by atoms with Gasteiger partial charge in [-0.2, -0.15) is 5.01 Å². The smallest absolute Gasteiger partial charge is 0.269 e. The summed E-state index contributed by atoms with van der Waals surface area (Å²) in [5.41, 5.74) is -0.0186. The third-order valence-corrected chi connectivity index (χ3v) is 4.51. The summed E-state index contributed by atoms with van der Waals surface area (Å²) in [6, 6.07) is 7.87. The summed E-state index contributed by atoms with van der Waals surface area (Å²) in [6.07, 6.45) is -0.262. The monoisotopic (exact) mass is 456 g/mol. The van der Waals surface area contributed by atoms with Crippen LogP contribution in [0.1, 0.15) is 13.3 Å². The van der Waals surface area contributed by atoms with Crippen LogP contribution in [0, 0.1) is 10.1 Å². The van der Waals surface area contributed by atoms with Gasteiger partial charge in [-0.15, -0.1) is 10.2 Å². The molecule has 0 radical (unpaired) electrons. The number of anilines is 1. The summed E-state index contributed by atoms with van der Waals surface area (Å²) in [7, 11) is 0. The van der Waals surface area contributed by atoms with Crippen LogP contribution in [-0.2, 0) is 9.59 Å². The van der Waals surface area contributed by atoms with Crippen molar-refractivity contribution in [2.75, 3.05) is 5.01 Å². The fourth-order valence-corrected chi connectivity index (χ4v) is 3.45. The molecule has 150 valence electrons. The van der Waals surface area contributed by atoms with Gasteiger partial charge in [-0.05, 0) is 24.3 Å². The molecule has 3 rings (SSSR count). The number of carbonyl (C=O) groups excluding carboxylic acids is 2. The van der Waals surface area contributed by atoms with Crippen molar-refractivity contribution < 1.29 is 19.3 Å². The van der Waals surface area contributed by atoms with Gasteiger partial charge in [-0.3, -0.25) is 19.7 Å². The highest BCUT2D eigenvalue weighted by atomic mass is 35.5. The fraction of sp³-hybridized carbons (Fsp3) is 0.118. The van der Waals surface area contributed by atoms with Gasteiger partial charge in [0.25, 0.3) is 17.5 Å². The number of amides is 2. The molecular formula is C17H11Cl3N4O5. The molecule has 0 fully saturated rings. The Morgan fingerprint density at radius 1 is 1.21 bits per heavy atom. The zero-order valence-corrected chi connectivity index (χ0v) is 16.9. The van der Waals surface area contributed by atoms with Crippen LogP contribution in [0.4, 0.5) is 11.4 Å². The van der Waals surface area contributed by atoms with E-state index in [1.54, 1.807) is 0 Å². The molecule has 2 aromatic carbocycles. The molecule has 1 aliphatic heterocycles. The van der Waals surface area contributed by atoms with Gasteiger partial charge in [-0.1, -0.05) is 34.8 Å². The van der Waals surface area contributed by atoms with Crippen LogP contribution in [-0.4, -0.2) is 27.6 Å². The Hall–Kier alpha value is -2.88. The number of amidine groups is 1. The molecule has 9 nitrogen and oxygen atoms in total. The first-order valence-electron chi connectivity index (χ1n) is 7.95. The first kappa shape index (κ1) is 20.8. The minimum Gasteiger partial charge on any atom is -0.371 e. The van der Waals surface area contributed by atoms with Crippen LogP contribution in [0.25, 0.3) is 0 Å². The van der Waals surface area contributed by atoms with E-state index >= 15 is 0 Å². The highest BCUT2D eigenvalue weighted by Gasteiger charge is 2.34. The van der Waals surface area contributed by atoms with Gasteiger partial charge in [0.2, 0.25) is 0 Å². The Balaban J connectivity index is 1.90. The second-order valence-electron chi connectivity index (χ2n) is 5.77. The average molecular weight is 458 g/mol. The van der Waals surface area contributed by atoms with Gasteiger partial charge in [0.15, 0.2) is 11.6 Å². The number of rotatable bonds is 4. The number of non-ortho nitro benzene ring substituents is 1. The van der Waals surface area contributed by atoms with E-state index < -0.39 is 16.7 Å². The zero-order chi connectivity index (χ0) is 21.3. The van der Waals surface area contributed by atoms with Crippen molar-refractivity contribution in [3.8, 4) is 5.75 Å². The summed E-state index contributed by atoms with van der Waals surface area (Å²) < 4.78 is 0. The molecule has 2 aromatic rings.